The average Bonchev–Trinajstić information content (AvgIpc) is 2.10. The first kappa shape index (κ1) is 7.34. The van der Waals surface area contributed by atoms with Crippen LogP contribution in [0.4, 0.5) is 0 Å². The molecule has 1 aromatic heterocycles. The highest BCUT2D eigenvalue weighted by Gasteiger charge is 2.06. The van der Waals surface area contributed by atoms with E-state index in [-0.39, 0.29) is 5.78 Å². The molecule has 1 heterocycles. The third kappa shape index (κ3) is 1.21. The van der Waals surface area contributed by atoms with E-state index in [0.717, 1.165) is 5.69 Å². The predicted octanol–water partition coefficient (Wildman–Crippen LogP) is 1.09. The molecule has 1 aromatic rings. The number of hydrogen-bond acceptors (Lipinski definition) is 3. The third-order valence-electron chi connectivity index (χ3n) is 1.12. The van der Waals surface area contributed by atoms with Crippen LogP contribution in [0.2, 0.25) is 0 Å². The van der Waals surface area contributed by atoms with Crippen molar-refractivity contribution in [3.05, 3.63) is 17.7 Å². The second-order valence-corrected chi connectivity index (χ2v) is 2.54. The van der Waals surface area contributed by atoms with Crippen LogP contribution < -0.4 is 0 Å². The summed E-state index contributed by atoms with van der Waals surface area (Å²) in [5.41, 5.74) is 0.806. The van der Waals surface area contributed by atoms with Crippen LogP contribution in [0.1, 0.15) is 23.2 Å². The molecular weight excluding hydrogens is 148 g/mol. The molecule has 0 amide bonds. The molecule has 10 heavy (non-hydrogen) atoms. The lowest BCUT2D eigenvalue weighted by Crippen LogP contribution is -1.98. The number of carbonyl (C=O) groups excluding carboxylic acids is 1. The number of aryl methyl sites for hydroxylation is 1. The molecule has 0 N–H and O–H groups in total. The van der Waals surface area contributed by atoms with Gasteiger partial charge in [0.15, 0.2) is 11.6 Å². The van der Waals surface area contributed by atoms with Gasteiger partial charge in [0.1, 0.15) is 0 Å². The Balaban J connectivity index is 3.15. The Labute approximate surface area is 64.6 Å². The highest BCUT2D eigenvalue weighted by atomic mass is 32.1. The molecule has 0 fully saturated rings. The van der Waals surface area contributed by atoms with Crippen LogP contribution in [0.25, 0.3) is 0 Å². The van der Waals surface area contributed by atoms with E-state index in [1.807, 2.05) is 6.92 Å². The first-order valence-electron chi connectivity index (χ1n) is 2.87. The Hall–Kier alpha value is -0.770. The molecule has 4 heteroatoms. The fourth-order valence-corrected chi connectivity index (χ4v) is 1.08. The Kier molecular flexibility index (Phi) is 1.80. The van der Waals surface area contributed by atoms with Crippen LogP contribution in [0.3, 0.4) is 0 Å². The van der Waals surface area contributed by atoms with Crippen molar-refractivity contribution in [1.82, 2.24) is 8.96 Å². The zero-order chi connectivity index (χ0) is 7.72. The fraction of sp³-hybridized carbons (Fsp3) is 0.333. The summed E-state index contributed by atoms with van der Waals surface area (Å²) in [7, 11) is 0. The van der Waals surface area contributed by atoms with E-state index in [4.69, 9.17) is 0 Å². The molecule has 0 aromatic carbocycles. The van der Waals surface area contributed by atoms with E-state index in [2.05, 4.69) is 17.8 Å². The lowest BCUT2D eigenvalue weighted by atomic mass is 10.4. The molecule has 3 nitrogen and oxygen atoms in total. The zero-order valence-electron chi connectivity index (χ0n) is 5.83. The quantitative estimate of drug-likeness (QED) is 0.488. The second-order valence-electron chi connectivity index (χ2n) is 2.11. The Morgan fingerprint density at radius 2 is 2.40 bits per heavy atom. The zero-order valence-corrected chi connectivity index (χ0v) is 6.72. The van der Waals surface area contributed by atoms with Gasteiger partial charge in [0.2, 0.25) is 0 Å². The van der Waals surface area contributed by atoms with Gasteiger partial charge in [-0.2, -0.15) is 0 Å². The van der Waals surface area contributed by atoms with Crippen molar-refractivity contribution in [1.29, 1.82) is 0 Å². The third-order valence-corrected chi connectivity index (χ3v) is 1.43. The summed E-state index contributed by atoms with van der Waals surface area (Å²) in [6.45, 7) is 3.29. The molecule has 54 valence electrons. The minimum Gasteiger partial charge on any atom is -0.291 e. The maximum atomic E-state index is 10.7. The largest absolute Gasteiger partial charge is 0.291 e. The first-order chi connectivity index (χ1) is 4.61. The molecule has 0 aliphatic carbocycles. The molecule has 0 radical (unpaired) electrons. The minimum atomic E-state index is -0.0666. The number of imidazole rings is 1. The van der Waals surface area contributed by atoms with Crippen molar-refractivity contribution in [2.45, 2.75) is 13.8 Å². The number of aromatic nitrogens is 2. The maximum absolute atomic E-state index is 10.7. The number of hydrogen-bond donors (Lipinski definition) is 1. The van der Waals surface area contributed by atoms with Gasteiger partial charge in [-0.3, -0.25) is 8.77 Å². The van der Waals surface area contributed by atoms with Crippen LogP contribution >= 0.6 is 12.8 Å². The van der Waals surface area contributed by atoms with Gasteiger partial charge < -0.3 is 0 Å². The number of ketones is 1. The fourth-order valence-electron chi connectivity index (χ4n) is 0.725. The minimum absolute atomic E-state index is 0.0666. The van der Waals surface area contributed by atoms with E-state index < -0.39 is 0 Å². The summed E-state index contributed by atoms with van der Waals surface area (Å²) < 4.78 is 1.43. The van der Waals surface area contributed by atoms with Crippen LogP contribution in [0.15, 0.2) is 6.20 Å². The number of thiol groups is 1. The lowest BCUT2D eigenvalue weighted by molar-refractivity contribution is 0.100. The highest BCUT2D eigenvalue weighted by Crippen LogP contribution is 2.03. The van der Waals surface area contributed by atoms with Gasteiger partial charge in [-0.25, -0.2) is 4.98 Å². The number of Topliss-reactive ketones (excluding diaryl/α,β-unsaturated/α-hetero) is 1. The lowest BCUT2D eigenvalue weighted by Gasteiger charge is -1.90. The molecule has 0 atom stereocenters. The van der Waals surface area contributed by atoms with Crippen LogP contribution in [-0.2, 0) is 0 Å². The van der Waals surface area contributed by atoms with E-state index in [1.54, 1.807) is 6.20 Å². The summed E-state index contributed by atoms with van der Waals surface area (Å²) in [5.74, 6) is 0.323. The molecule has 0 bridgehead atoms. The number of carbonyl (C=O) groups is 1. The van der Waals surface area contributed by atoms with Crippen LogP contribution in [0, 0.1) is 6.92 Å². The summed E-state index contributed by atoms with van der Waals surface area (Å²) in [5, 5.41) is 0. The van der Waals surface area contributed by atoms with Crippen molar-refractivity contribution >= 4 is 18.6 Å². The maximum Gasteiger partial charge on any atom is 0.196 e. The predicted molar refractivity (Wildman–Crippen MR) is 41.4 cm³/mol. The van der Waals surface area contributed by atoms with Crippen molar-refractivity contribution < 1.29 is 4.79 Å². The summed E-state index contributed by atoms with van der Waals surface area (Å²) in [6, 6.07) is 0. The molecule has 0 aliphatic heterocycles. The Morgan fingerprint density at radius 3 is 2.60 bits per heavy atom. The van der Waals surface area contributed by atoms with Crippen LogP contribution in [-0.4, -0.2) is 14.7 Å². The summed E-state index contributed by atoms with van der Waals surface area (Å²) in [6.07, 6.45) is 1.69. The van der Waals surface area contributed by atoms with Gasteiger partial charge in [0.05, 0.1) is 5.69 Å². The molecule has 1 rings (SSSR count). The van der Waals surface area contributed by atoms with E-state index in [0.29, 0.717) is 5.82 Å². The van der Waals surface area contributed by atoms with Crippen molar-refractivity contribution in [2.75, 3.05) is 0 Å². The summed E-state index contributed by atoms with van der Waals surface area (Å²) in [4.78, 5) is 14.7. The molecule has 0 saturated carbocycles. The smallest absolute Gasteiger partial charge is 0.196 e. The normalized spacial score (nSPS) is 9.90. The standard InChI is InChI=1S/C6H8N2OS/c1-4-3-8(10)6(7-4)5(2)9/h3,10H,1-2H3. The van der Waals surface area contributed by atoms with Gasteiger partial charge in [0.25, 0.3) is 0 Å². The topological polar surface area (TPSA) is 34.9 Å². The van der Waals surface area contributed by atoms with E-state index in [1.165, 1.54) is 10.9 Å². The van der Waals surface area contributed by atoms with Crippen molar-refractivity contribution in [3.8, 4) is 0 Å². The van der Waals surface area contributed by atoms with Crippen molar-refractivity contribution in [2.24, 2.45) is 0 Å². The second kappa shape index (κ2) is 2.46. The van der Waals surface area contributed by atoms with Gasteiger partial charge in [-0.1, -0.05) is 12.8 Å². The number of nitrogens with zero attached hydrogens (tertiary/aromatic N) is 2. The van der Waals surface area contributed by atoms with E-state index >= 15 is 0 Å². The van der Waals surface area contributed by atoms with Gasteiger partial charge in [-0.05, 0) is 6.92 Å². The van der Waals surface area contributed by atoms with Gasteiger partial charge in [0, 0.05) is 13.1 Å². The first-order valence-corrected chi connectivity index (χ1v) is 3.27. The molecule has 0 unspecified atom stereocenters. The van der Waals surface area contributed by atoms with Gasteiger partial charge >= 0.3 is 0 Å². The molecular formula is C6H8N2OS. The molecule has 0 aliphatic rings. The Morgan fingerprint density at radius 1 is 1.80 bits per heavy atom. The summed E-state index contributed by atoms with van der Waals surface area (Å²) >= 11 is 3.99. The molecule has 0 saturated heterocycles. The molecule has 0 spiro atoms. The SMILES string of the molecule is CC(=O)c1nc(C)cn1S. The number of rotatable bonds is 1. The van der Waals surface area contributed by atoms with Crippen LogP contribution in [0.5, 0.6) is 0 Å². The highest BCUT2D eigenvalue weighted by molar-refractivity contribution is 7.78. The van der Waals surface area contributed by atoms with E-state index in [9.17, 15) is 4.79 Å². The van der Waals surface area contributed by atoms with Crippen molar-refractivity contribution in [3.63, 3.8) is 0 Å². The average molecular weight is 156 g/mol. The Bertz CT molecular complexity index is 267. The van der Waals surface area contributed by atoms with Gasteiger partial charge in [-0.15, -0.1) is 0 Å². The monoisotopic (exact) mass is 156 g/mol.